The van der Waals surface area contributed by atoms with Crippen LogP contribution in [0.1, 0.15) is 52.8 Å². The van der Waals surface area contributed by atoms with Crippen molar-refractivity contribution in [1.29, 1.82) is 0 Å². The van der Waals surface area contributed by atoms with Crippen LogP contribution in [0.5, 0.6) is 5.75 Å². The van der Waals surface area contributed by atoms with E-state index < -0.39 is 35.6 Å². The molecule has 1 unspecified atom stereocenters. The zero-order chi connectivity index (χ0) is 26.8. The van der Waals surface area contributed by atoms with Crippen molar-refractivity contribution in [2.45, 2.75) is 38.1 Å². The number of rotatable bonds is 15. The molecule has 5 amide bonds. The maximum atomic E-state index is 13.0. The van der Waals surface area contributed by atoms with Crippen molar-refractivity contribution in [3.05, 3.63) is 29.3 Å². The summed E-state index contributed by atoms with van der Waals surface area (Å²) in [5.41, 5.74) is 0.218. The van der Waals surface area contributed by atoms with Crippen LogP contribution in [0.15, 0.2) is 18.2 Å². The third-order valence-corrected chi connectivity index (χ3v) is 5.64. The Kier molecular flexibility index (Phi) is 10.1. The van der Waals surface area contributed by atoms with Crippen molar-refractivity contribution in [2.75, 3.05) is 39.6 Å². The van der Waals surface area contributed by atoms with E-state index in [1.165, 1.54) is 6.07 Å². The molecular weight excluding hydrogens is 490 g/mol. The number of carbonyl (C=O) groups excluding carboxylic acids is 5. The van der Waals surface area contributed by atoms with E-state index in [4.69, 9.17) is 19.3 Å². The highest BCUT2D eigenvalue weighted by atomic mass is 16.5. The molecule has 13 nitrogen and oxygen atoms in total. The summed E-state index contributed by atoms with van der Waals surface area (Å²) in [4.78, 5) is 72.1. The minimum Gasteiger partial charge on any atom is -0.490 e. The van der Waals surface area contributed by atoms with Crippen molar-refractivity contribution in [3.8, 4) is 5.75 Å². The summed E-state index contributed by atoms with van der Waals surface area (Å²) < 4.78 is 16.5. The van der Waals surface area contributed by atoms with Gasteiger partial charge in [-0.2, -0.15) is 0 Å². The average Bonchev–Trinajstić information content (AvgIpc) is 3.11. The number of hydrogen-bond acceptors (Lipinski definition) is 9. The number of aliphatic carboxylic acids is 1. The second-order valence-corrected chi connectivity index (χ2v) is 8.30. The highest BCUT2D eigenvalue weighted by molar-refractivity contribution is 6.24. The van der Waals surface area contributed by atoms with E-state index in [1.54, 1.807) is 12.1 Å². The van der Waals surface area contributed by atoms with Gasteiger partial charge in [0, 0.05) is 26.0 Å². The van der Waals surface area contributed by atoms with E-state index in [1.807, 2.05) is 0 Å². The summed E-state index contributed by atoms with van der Waals surface area (Å²) in [6.45, 7) is 1.71. The average molecular weight is 520 g/mol. The summed E-state index contributed by atoms with van der Waals surface area (Å²) in [6, 6.07) is 3.58. The van der Waals surface area contributed by atoms with Crippen LogP contribution in [0.4, 0.5) is 0 Å². The SMILES string of the molecule is O=C(O)CCC(=O)NCCCOCCOCCOc1cccc2c1C(=O)N(C1CCC(=O)NC1=O)C2=O. The predicted octanol–water partition coefficient (Wildman–Crippen LogP) is -0.129. The Bertz CT molecular complexity index is 1060. The maximum Gasteiger partial charge on any atom is 0.303 e. The quantitative estimate of drug-likeness (QED) is 0.209. The lowest BCUT2D eigenvalue weighted by Crippen LogP contribution is -2.54. The molecule has 1 aromatic rings. The Hall–Kier alpha value is -3.84. The Morgan fingerprint density at radius 3 is 2.46 bits per heavy atom. The van der Waals surface area contributed by atoms with Crippen LogP contribution in [0.2, 0.25) is 0 Å². The molecule has 0 radical (unpaired) electrons. The van der Waals surface area contributed by atoms with Crippen LogP contribution in [-0.4, -0.2) is 91.1 Å². The van der Waals surface area contributed by atoms with Crippen molar-refractivity contribution in [1.82, 2.24) is 15.5 Å². The number of carboxylic acid groups (broad SMARTS) is 1. The molecule has 1 atom stereocenters. The molecule has 13 heteroatoms. The number of carbonyl (C=O) groups is 6. The van der Waals surface area contributed by atoms with Gasteiger partial charge in [0.25, 0.3) is 11.8 Å². The van der Waals surface area contributed by atoms with Gasteiger partial charge in [0.1, 0.15) is 18.4 Å². The molecular formula is C24H29N3O10. The number of ether oxygens (including phenoxy) is 3. The Labute approximate surface area is 212 Å². The minimum atomic E-state index is -1.05. The second kappa shape index (κ2) is 13.5. The number of piperidine rings is 1. The number of imide groups is 2. The van der Waals surface area contributed by atoms with Crippen molar-refractivity contribution in [3.63, 3.8) is 0 Å². The highest BCUT2D eigenvalue weighted by Gasteiger charge is 2.45. The third-order valence-electron chi connectivity index (χ3n) is 5.64. The third kappa shape index (κ3) is 7.57. The van der Waals surface area contributed by atoms with Gasteiger partial charge < -0.3 is 24.6 Å². The zero-order valence-electron chi connectivity index (χ0n) is 20.2. The Morgan fingerprint density at radius 2 is 1.73 bits per heavy atom. The van der Waals surface area contributed by atoms with Gasteiger partial charge in [-0.1, -0.05) is 6.07 Å². The molecule has 1 saturated heterocycles. The normalized spacial score (nSPS) is 17.0. The first-order chi connectivity index (χ1) is 17.8. The second-order valence-electron chi connectivity index (χ2n) is 8.30. The van der Waals surface area contributed by atoms with Gasteiger partial charge in [-0.15, -0.1) is 0 Å². The fourth-order valence-corrected chi connectivity index (χ4v) is 3.85. The van der Waals surface area contributed by atoms with Crippen molar-refractivity contribution < 1.29 is 48.1 Å². The first-order valence-corrected chi connectivity index (χ1v) is 11.9. The maximum absolute atomic E-state index is 13.0. The van der Waals surface area contributed by atoms with Crippen LogP contribution in [0.3, 0.4) is 0 Å². The van der Waals surface area contributed by atoms with E-state index in [0.29, 0.717) is 32.8 Å². The summed E-state index contributed by atoms with van der Waals surface area (Å²) in [6.07, 6.45) is 0.429. The van der Waals surface area contributed by atoms with Gasteiger partial charge in [0.2, 0.25) is 17.7 Å². The number of fused-ring (bicyclic) bond motifs is 1. The summed E-state index contributed by atoms with van der Waals surface area (Å²) in [5.74, 6) is -3.49. The molecule has 0 saturated carbocycles. The Balaban J connectivity index is 1.33. The number of carboxylic acids is 1. The van der Waals surface area contributed by atoms with E-state index in [9.17, 15) is 28.8 Å². The zero-order valence-corrected chi connectivity index (χ0v) is 20.2. The molecule has 2 aliphatic heterocycles. The first-order valence-electron chi connectivity index (χ1n) is 11.9. The summed E-state index contributed by atoms with van der Waals surface area (Å²) in [5, 5.41) is 13.3. The monoisotopic (exact) mass is 519 g/mol. The predicted molar refractivity (Wildman–Crippen MR) is 125 cm³/mol. The molecule has 0 bridgehead atoms. The van der Waals surface area contributed by atoms with Gasteiger partial charge >= 0.3 is 5.97 Å². The number of nitrogens with one attached hydrogen (secondary N) is 2. The van der Waals surface area contributed by atoms with Crippen molar-refractivity contribution >= 4 is 35.5 Å². The molecule has 0 spiro atoms. The first kappa shape index (κ1) is 27.7. The van der Waals surface area contributed by atoms with Gasteiger partial charge in [0.15, 0.2) is 0 Å². The molecule has 37 heavy (non-hydrogen) atoms. The largest absolute Gasteiger partial charge is 0.490 e. The van der Waals surface area contributed by atoms with E-state index >= 15 is 0 Å². The number of benzene rings is 1. The van der Waals surface area contributed by atoms with Gasteiger partial charge in [-0.05, 0) is 25.0 Å². The van der Waals surface area contributed by atoms with Gasteiger partial charge in [-0.25, -0.2) is 0 Å². The van der Waals surface area contributed by atoms with Crippen LogP contribution in [0, 0.1) is 0 Å². The van der Waals surface area contributed by atoms with E-state index in [0.717, 1.165) is 4.90 Å². The lowest BCUT2D eigenvalue weighted by Gasteiger charge is -2.27. The van der Waals surface area contributed by atoms with Crippen LogP contribution < -0.4 is 15.4 Å². The van der Waals surface area contributed by atoms with Crippen LogP contribution >= 0.6 is 0 Å². The fraction of sp³-hybridized carbons (Fsp3) is 0.500. The smallest absolute Gasteiger partial charge is 0.303 e. The number of amides is 5. The number of nitrogens with zero attached hydrogens (tertiary/aromatic N) is 1. The van der Waals surface area contributed by atoms with E-state index in [-0.39, 0.29) is 61.7 Å². The van der Waals surface area contributed by atoms with Gasteiger partial charge in [0.05, 0.1) is 37.4 Å². The molecule has 1 fully saturated rings. The molecule has 3 rings (SSSR count). The summed E-state index contributed by atoms with van der Waals surface area (Å²) >= 11 is 0. The molecule has 0 aliphatic carbocycles. The van der Waals surface area contributed by atoms with Crippen LogP contribution in [-0.2, 0) is 28.7 Å². The van der Waals surface area contributed by atoms with E-state index in [2.05, 4.69) is 10.6 Å². The lowest BCUT2D eigenvalue weighted by molar-refractivity contribution is -0.139. The molecule has 0 aromatic heterocycles. The fourth-order valence-electron chi connectivity index (χ4n) is 3.85. The standard InChI is InChI=1S/C24H29N3O10/c28-18(7-8-20(30)31)25-9-2-10-35-11-12-36-13-14-37-17-4-1-3-15-21(17)24(34)27(23(15)33)16-5-6-19(29)26-22(16)32/h1,3-4,16H,2,5-14H2,(H,25,28)(H,30,31)(H,26,29,32). The molecule has 1 aromatic carbocycles. The molecule has 3 N–H and O–H groups in total. The van der Waals surface area contributed by atoms with Crippen LogP contribution in [0.25, 0.3) is 0 Å². The molecule has 200 valence electrons. The lowest BCUT2D eigenvalue weighted by atomic mass is 10.0. The highest BCUT2D eigenvalue weighted by Crippen LogP contribution is 2.33. The van der Waals surface area contributed by atoms with Crippen molar-refractivity contribution in [2.24, 2.45) is 0 Å². The summed E-state index contributed by atoms with van der Waals surface area (Å²) in [7, 11) is 0. The topological polar surface area (TPSA) is 178 Å². The molecule has 2 heterocycles. The molecule has 2 aliphatic rings. The Morgan fingerprint density at radius 1 is 1.00 bits per heavy atom. The number of hydrogen-bond donors (Lipinski definition) is 3. The van der Waals surface area contributed by atoms with Gasteiger partial charge in [-0.3, -0.25) is 39.0 Å². The minimum absolute atomic E-state index is 0.0411.